The minimum Gasteiger partial charge on any atom is -0.467 e. The van der Waals surface area contributed by atoms with Gasteiger partial charge in [0.25, 0.3) is 0 Å². The number of carbonyl (C=O) groups is 2. The lowest BCUT2D eigenvalue weighted by Crippen LogP contribution is -2.55. The first-order valence-electron chi connectivity index (χ1n) is 11.7. The highest BCUT2D eigenvalue weighted by atomic mass is 16.7. The maximum Gasteiger partial charge on any atom is 0.328 e. The number of carbonyl (C=O) groups excluding carboxylic acids is 2. The average Bonchev–Trinajstić information content (AvgIpc) is 3.36. The van der Waals surface area contributed by atoms with E-state index in [0.29, 0.717) is 25.6 Å². The number of hydrogen-bond donors (Lipinski definition) is 0. The Hall–Kier alpha value is -1.14. The van der Waals surface area contributed by atoms with Crippen LogP contribution < -0.4 is 0 Å². The van der Waals surface area contributed by atoms with Crippen molar-refractivity contribution in [3.63, 3.8) is 0 Å². The number of methoxy groups -OCH3 is 1. The molecule has 0 unspecified atom stereocenters. The van der Waals surface area contributed by atoms with Gasteiger partial charge in [-0.05, 0) is 44.4 Å². The fraction of sp³-hybridized carbons (Fsp3) is 0.913. The quantitative estimate of drug-likeness (QED) is 0.307. The van der Waals surface area contributed by atoms with Gasteiger partial charge in [0, 0.05) is 18.4 Å². The fourth-order valence-corrected chi connectivity index (χ4v) is 6.01. The van der Waals surface area contributed by atoms with Gasteiger partial charge in [0.05, 0.1) is 20.3 Å². The first-order valence-corrected chi connectivity index (χ1v) is 11.7. The van der Waals surface area contributed by atoms with E-state index in [1.54, 1.807) is 0 Å². The van der Waals surface area contributed by atoms with Crippen LogP contribution in [0.25, 0.3) is 0 Å². The SMILES string of the molecule is CCCCCCC1(CC[C@@H]2CCCC[C@@]23CC[C@H](C(=O)OC)N3C=O)OCCO1. The number of likely N-dealkylation sites (tertiary alicyclic amines) is 1. The van der Waals surface area contributed by atoms with Crippen LogP contribution >= 0.6 is 0 Å². The molecule has 0 radical (unpaired) electrons. The molecule has 0 bridgehead atoms. The molecule has 3 fully saturated rings. The molecule has 0 aromatic heterocycles. The maximum atomic E-state index is 12.2. The Labute approximate surface area is 175 Å². The van der Waals surface area contributed by atoms with Crippen LogP contribution in [0.1, 0.15) is 90.4 Å². The summed E-state index contributed by atoms with van der Waals surface area (Å²) in [7, 11) is 1.41. The van der Waals surface area contributed by atoms with Crippen molar-refractivity contribution in [2.24, 2.45) is 5.92 Å². The van der Waals surface area contributed by atoms with E-state index in [4.69, 9.17) is 14.2 Å². The van der Waals surface area contributed by atoms with E-state index in [1.165, 1.54) is 32.8 Å². The number of ether oxygens (including phenoxy) is 3. The van der Waals surface area contributed by atoms with Crippen molar-refractivity contribution in [1.82, 2.24) is 4.90 Å². The van der Waals surface area contributed by atoms with Crippen molar-refractivity contribution < 1.29 is 23.8 Å². The molecule has 2 aliphatic heterocycles. The van der Waals surface area contributed by atoms with E-state index in [9.17, 15) is 9.59 Å². The molecule has 1 amide bonds. The van der Waals surface area contributed by atoms with E-state index < -0.39 is 11.8 Å². The number of amides is 1. The summed E-state index contributed by atoms with van der Waals surface area (Å²) in [5.41, 5.74) is -0.207. The zero-order chi connectivity index (χ0) is 20.7. The lowest BCUT2D eigenvalue weighted by molar-refractivity contribution is -0.173. The molecule has 2 saturated heterocycles. The number of unbranched alkanes of at least 4 members (excludes halogenated alkanes) is 3. The molecule has 6 nitrogen and oxygen atoms in total. The summed E-state index contributed by atoms with van der Waals surface area (Å²) in [6.07, 6.45) is 14.5. The molecule has 166 valence electrons. The highest BCUT2D eigenvalue weighted by molar-refractivity contribution is 5.79. The van der Waals surface area contributed by atoms with Gasteiger partial charge in [-0.1, -0.05) is 39.0 Å². The standard InChI is InChI=1S/C23H39NO5/c1-3-4-5-7-13-23(28-16-17-29-23)15-10-19-9-6-8-12-22(19)14-11-20(21(26)27-2)24(22)18-25/h18-20H,3-17H2,1-2H3/t19-,20+,22+/m0/s1. The second-order valence-electron chi connectivity index (χ2n) is 9.09. The van der Waals surface area contributed by atoms with E-state index in [2.05, 4.69) is 6.92 Å². The van der Waals surface area contributed by atoms with Crippen LogP contribution in [-0.4, -0.2) is 55.0 Å². The van der Waals surface area contributed by atoms with Gasteiger partial charge in [-0.15, -0.1) is 0 Å². The Bertz CT molecular complexity index is 547. The topological polar surface area (TPSA) is 65.1 Å². The third-order valence-corrected chi connectivity index (χ3v) is 7.56. The summed E-state index contributed by atoms with van der Waals surface area (Å²) in [5, 5.41) is 0. The van der Waals surface area contributed by atoms with Crippen molar-refractivity contribution in [3.8, 4) is 0 Å². The molecule has 1 saturated carbocycles. The normalized spacial score (nSPS) is 31.3. The molecule has 1 spiro atoms. The van der Waals surface area contributed by atoms with Crippen molar-refractivity contribution in [2.75, 3.05) is 20.3 Å². The zero-order valence-electron chi connectivity index (χ0n) is 18.3. The van der Waals surface area contributed by atoms with Crippen molar-refractivity contribution >= 4 is 12.4 Å². The highest BCUT2D eigenvalue weighted by Crippen LogP contribution is 2.50. The second-order valence-corrected chi connectivity index (χ2v) is 9.09. The predicted octanol–water partition coefficient (Wildman–Crippen LogP) is 4.20. The monoisotopic (exact) mass is 409 g/mol. The lowest BCUT2D eigenvalue weighted by atomic mass is 9.69. The van der Waals surface area contributed by atoms with Crippen molar-refractivity contribution in [1.29, 1.82) is 0 Å². The van der Waals surface area contributed by atoms with E-state index >= 15 is 0 Å². The van der Waals surface area contributed by atoms with Gasteiger partial charge >= 0.3 is 5.97 Å². The Kier molecular flexibility index (Phi) is 7.97. The lowest BCUT2D eigenvalue weighted by Gasteiger charge is -2.48. The first-order chi connectivity index (χ1) is 14.1. The summed E-state index contributed by atoms with van der Waals surface area (Å²) in [6.45, 7) is 3.58. The summed E-state index contributed by atoms with van der Waals surface area (Å²) < 4.78 is 17.2. The fourth-order valence-electron chi connectivity index (χ4n) is 6.01. The number of hydrogen-bond acceptors (Lipinski definition) is 5. The highest BCUT2D eigenvalue weighted by Gasteiger charge is 2.54. The average molecular weight is 410 g/mol. The van der Waals surface area contributed by atoms with Crippen LogP contribution in [0.5, 0.6) is 0 Å². The third kappa shape index (κ3) is 4.79. The minimum atomic E-state index is -0.446. The summed E-state index contributed by atoms with van der Waals surface area (Å²) in [4.78, 5) is 26.1. The Morgan fingerprint density at radius 1 is 1.10 bits per heavy atom. The van der Waals surface area contributed by atoms with E-state index in [0.717, 1.165) is 57.8 Å². The van der Waals surface area contributed by atoms with Gasteiger partial charge in [-0.3, -0.25) is 4.79 Å². The van der Waals surface area contributed by atoms with Crippen molar-refractivity contribution in [3.05, 3.63) is 0 Å². The van der Waals surface area contributed by atoms with Crippen LogP contribution in [0.2, 0.25) is 0 Å². The molecule has 0 aromatic rings. The number of nitrogens with zero attached hydrogens (tertiary/aromatic N) is 1. The number of rotatable bonds is 10. The van der Waals surface area contributed by atoms with Gasteiger partial charge in [-0.2, -0.15) is 0 Å². The third-order valence-electron chi connectivity index (χ3n) is 7.56. The summed E-state index contributed by atoms with van der Waals surface area (Å²) in [5.74, 6) is -0.344. The smallest absolute Gasteiger partial charge is 0.328 e. The molecule has 3 rings (SSSR count). The molecule has 29 heavy (non-hydrogen) atoms. The van der Waals surface area contributed by atoms with Gasteiger partial charge in [0.1, 0.15) is 6.04 Å². The van der Waals surface area contributed by atoms with Crippen molar-refractivity contribution in [2.45, 2.75) is 108 Å². The zero-order valence-corrected chi connectivity index (χ0v) is 18.3. The number of esters is 1. The van der Waals surface area contributed by atoms with Crippen LogP contribution in [0, 0.1) is 5.92 Å². The van der Waals surface area contributed by atoms with Gasteiger partial charge in [-0.25, -0.2) is 4.79 Å². The van der Waals surface area contributed by atoms with Crippen LogP contribution in [0.4, 0.5) is 0 Å². The van der Waals surface area contributed by atoms with Gasteiger partial charge in [0.2, 0.25) is 6.41 Å². The molecule has 1 aliphatic carbocycles. The molecule has 3 aliphatic rings. The predicted molar refractivity (Wildman–Crippen MR) is 110 cm³/mol. The first kappa shape index (κ1) is 22.5. The van der Waals surface area contributed by atoms with Crippen LogP contribution in [-0.2, 0) is 23.8 Å². The largest absolute Gasteiger partial charge is 0.467 e. The minimum absolute atomic E-state index is 0.207. The Morgan fingerprint density at radius 3 is 2.59 bits per heavy atom. The van der Waals surface area contributed by atoms with Gasteiger partial charge in [0.15, 0.2) is 5.79 Å². The molecule has 2 heterocycles. The van der Waals surface area contributed by atoms with Crippen LogP contribution in [0.3, 0.4) is 0 Å². The second kappa shape index (κ2) is 10.3. The van der Waals surface area contributed by atoms with E-state index in [-0.39, 0.29) is 11.5 Å². The summed E-state index contributed by atoms with van der Waals surface area (Å²) in [6, 6.07) is -0.430. The molecule has 0 aromatic carbocycles. The van der Waals surface area contributed by atoms with Crippen LogP contribution in [0.15, 0.2) is 0 Å². The van der Waals surface area contributed by atoms with E-state index in [1.807, 2.05) is 4.90 Å². The summed E-state index contributed by atoms with van der Waals surface area (Å²) >= 11 is 0. The molecule has 0 N–H and O–H groups in total. The Morgan fingerprint density at radius 2 is 1.90 bits per heavy atom. The molecule has 6 heteroatoms. The molecule has 3 atom stereocenters. The maximum absolute atomic E-state index is 12.2. The Balaban J connectivity index is 1.68. The molecular weight excluding hydrogens is 370 g/mol. The molecular formula is C23H39NO5. The van der Waals surface area contributed by atoms with Gasteiger partial charge < -0.3 is 19.1 Å².